The van der Waals surface area contributed by atoms with Crippen LogP contribution in [0.4, 0.5) is 5.69 Å². The van der Waals surface area contributed by atoms with Gasteiger partial charge in [0, 0.05) is 43.8 Å². The smallest absolute Gasteiger partial charge is 0.0440 e. The van der Waals surface area contributed by atoms with E-state index in [1.54, 1.807) is 0 Å². The van der Waals surface area contributed by atoms with Crippen molar-refractivity contribution in [3.63, 3.8) is 0 Å². The fourth-order valence-electron chi connectivity index (χ4n) is 1.88. The molecule has 0 aromatic carbocycles. The van der Waals surface area contributed by atoms with Crippen LogP contribution in [0.5, 0.6) is 0 Å². The van der Waals surface area contributed by atoms with Crippen LogP contribution in [-0.2, 0) is 6.54 Å². The van der Waals surface area contributed by atoms with Gasteiger partial charge in [0.2, 0.25) is 0 Å². The Labute approximate surface area is 105 Å². The number of rotatable bonds is 7. The zero-order valence-corrected chi connectivity index (χ0v) is 11.5. The van der Waals surface area contributed by atoms with E-state index in [0.29, 0.717) is 0 Å². The Morgan fingerprint density at radius 3 is 2.82 bits per heavy atom. The fourth-order valence-corrected chi connectivity index (χ4v) is 1.88. The van der Waals surface area contributed by atoms with Gasteiger partial charge < -0.3 is 10.2 Å². The number of pyridine rings is 1. The van der Waals surface area contributed by atoms with Crippen LogP contribution < -0.4 is 10.2 Å². The molecule has 1 aromatic rings. The largest absolute Gasteiger partial charge is 0.374 e. The first-order valence-corrected chi connectivity index (χ1v) is 6.53. The van der Waals surface area contributed by atoms with Gasteiger partial charge in [-0.25, -0.2) is 0 Å². The highest BCUT2D eigenvalue weighted by Gasteiger charge is 2.09. The van der Waals surface area contributed by atoms with Gasteiger partial charge in [0.25, 0.3) is 0 Å². The van der Waals surface area contributed by atoms with Crippen LogP contribution in [0.25, 0.3) is 0 Å². The molecule has 0 saturated carbocycles. The highest BCUT2D eigenvalue weighted by Crippen LogP contribution is 2.19. The molecule has 0 fully saturated rings. The van der Waals surface area contributed by atoms with Crippen LogP contribution in [0.3, 0.4) is 0 Å². The number of hydrogen-bond donors (Lipinski definition) is 1. The lowest BCUT2D eigenvalue weighted by Gasteiger charge is -2.25. The van der Waals surface area contributed by atoms with Crippen molar-refractivity contribution >= 4 is 5.69 Å². The molecular formula is C14H25N3. The van der Waals surface area contributed by atoms with Gasteiger partial charge in [-0.2, -0.15) is 0 Å². The number of anilines is 1. The first-order valence-electron chi connectivity index (χ1n) is 6.53. The van der Waals surface area contributed by atoms with Crippen molar-refractivity contribution in [2.75, 3.05) is 25.0 Å². The summed E-state index contributed by atoms with van der Waals surface area (Å²) >= 11 is 0. The SMILES string of the molecule is CCNCc1cnccc1N(C)CC(C)CC. The Hall–Kier alpha value is -1.09. The second kappa shape index (κ2) is 7.28. The summed E-state index contributed by atoms with van der Waals surface area (Å²) < 4.78 is 0. The summed E-state index contributed by atoms with van der Waals surface area (Å²) in [5.41, 5.74) is 2.57. The van der Waals surface area contributed by atoms with E-state index in [0.717, 1.165) is 25.6 Å². The van der Waals surface area contributed by atoms with Gasteiger partial charge in [0.1, 0.15) is 0 Å². The van der Waals surface area contributed by atoms with Crippen molar-refractivity contribution in [1.82, 2.24) is 10.3 Å². The predicted octanol–water partition coefficient (Wildman–Crippen LogP) is 2.67. The standard InChI is InChI=1S/C14H25N3/c1-5-12(3)11-17(4)14-7-8-16-10-13(14)9-15-6-2/h7-8,10,12,15H,5-6,9,11H2,1-4H3. The maximum absolute atomic E-state index is 4.21. The minimum absolute atomic E-state index is 0.722. The van der Waals surface area contributed by atoms with Crippen molar-refractivity contribution in [2.45, 2.75) is 33.7 Å². The molecular weight excluding hydrogens is 210 g/mol. The van der Waals surface area contributed by atoms with E-state index in [4.69, 9.17) is 0 Å². The minimum Gasteiger partial charge on any atom is -0.374 e. The summed E-state index contributed by atoms with van der Waals surface area (Å²) in [5, 5.41) is 3.36. The normalized spacial score (nSPS) is 12.5. The Kier molecular flexibility index (Phi) is 5.98. The van der Waals surface area contributed by atoms with Crippen molar-refractivity contribution < 1.29 is 0 Å². The third-order valence-corrected chi connectivity index (χ3v) is 3.14. The van der Waals surface area contributed by atoms with Gasteiger partial charge in [0.05, 0.1) is 0 Å². The van der Waals surface area contributed by atoms with Crippen LogP contribution in [-0.4, -0.2) is 25.1 Å². The molecule has 0 aliphatic heterocycles. The lowest BCUT2D eigenvalue weighted by atomic mass is 10.1. The fraction of sp³-hybridized carbons (Fsp3) is 0.643. The molecule has 0 amide bonds. The second-order valence-corrected chi connectivity index (χ2v) is 4.68. The van der Waals surface area contributed by atoms with Crippen LogP contribution in [0, 0.1) is 5.92 Å². The summed E-state index contributed by atoms with van der Waals surface area (Å²) in [4.78, 5) is 6.55. The van der Waals surface area contributed by atoms with E-state index in [2.05, 4.69) is 49.1 Å². The molecule has 0 aliphatic rings. The molecule has 1 heterocycles. The summed E-state index contributed by atoms with van der Waals surface area (Å²) in [5.74, 6) is 0.722. The number of nitrogens with zero attached hydrogens (tertiary/aromatic N) is 2. The summed E-state index contributed by atoms with van der Waals surface area (Å²) in [7, 11) is 2.16. The third-order valence-electron chi connectivity index (χ3n) is 3.14. The quantitative estimate of drug-likeness (QED) is 0.787. The van der Waals surface area contributed by atoms with Gasteiger partial charge in [-0.1, -0.05) is 27.2 Å². The average Bonchev–Trinajstić information content (AvgIpc) is 2.36. The molecule has 3 nitrogen and oxygen atoms in total. The molecule has 1 rings (SSSR count). The molecule has 3 heteroatoms. The zero-order valence-electron chi connectivity index (χ0n) is 11.5. The van der Waals surface area contributed by atoms with E-state index < -0.39 is 0 Å². The maximum Gasteiger partial charge on any atom is 0.0440 e. The molecule has 17 heavy (non-hydrogen) atoms. The summed E-state index contributed by atoms with van der Waals surface area (Å²) in [6.07, 6.45) is 5.06. The van der Waals surface area contributed by atoms with Crippen LogP contribution in [0.15, 0.2) is 18.5 Å². The number of hydrogen-bond acceptors (Lipinski definition) is 3. The molecule has 1 unspecified atom stereocenters. The highest BCUT2D eigenvalue weighted by molar-refractivity contribution is 5.51. The average molecular weight is 235 g/mol. The molecule has 0 spiro atoms. The molecule has 0 aliphatic carbocycles. The first-order chi connectivity index (χ1) is 8.19. The monoisotopic (exact) mass is 235 g/mol. The molecule has 1 atom stereocenters. The van der Waals surface area contributed by atoms with Gasteiger partial charge in [0.15, 0.2) is 0 Å². The third kappa shape index (κ3) is 4.35. The zero-order chi connectivity index (χ0) is 12.7. The maximum atomic E-state index is 4.21. The molecule has 0 radical (unpaired) electrons. The van der Waals surface area contributed by atoms with Crippen molar-refractivity contribution in [1.29, 1.82) is 0 Å². The number of nitrogens with one attached hydrogen (secondary N) is 1. The summed E-state index contributed by atoms with van der Waals surface area (Å²) in [6.45, 7) is 9.64. The van der Waals surface area contributed by atoms with E-state index in [-0.39, 0.29) is 0 Å². The Balaban J connectivity index is 2.73. The molecule has 96 valence electrons. The Bertz CT molecular complexity index is 325. The molecule has 0 bridgehead atoms. The molecule has 1 N–H and O–H groups in total. The Morgan fingerprint density at radius 1 is 1.41 bits per heavy atom. The lowest BCUT2D eigenvalue weighted by Crippen LogP contribution is -2.25. The molecule has 0 saturated heterocycles. The van der Waals surface area contributed by atoms with Gasteiger partial charge in [-0.05, 0) is 18.5 Å². The molecule has 1 aromatic heterocycles. The van der Waals surface area contributed by atoms with Crippen molar-refractivity contribution in [3.8, 4) is 0 Å². The minimum atomic E-state index is 0.722. The van der Waals surface area contributed by atoms with Gasteiger partial charge >= 0.3 is 0 Å². The van der Waals surface area contributed by atoms with Gasteiger partial charge in [-0.15, -0.1) is 0 Å². The van der Waals surface area contributed by atoms with E-state index in [1.165, 1.54) is 17.7 Å². The first kappa shape index (κ1) is 14.0. The van der Waals surface area contributed by atoms with Crippen molar-refractivity contribution in [2.24, 2.45) is 5.92 Å². The van der Waals surface area contributed by atoms with E-state index in [1.807, 2.05) is 12.4 Å². The highest BCUT2D eigenvalue weighted by atomic mass is 15.1. The number of aromatic nitrogens is 1. The topological polar surface area (TPSA) is 28.2 Å². The second-order valence-electron chi connectivity index (χ2n) is 4.68. The van der Waals surface area contributed by atoms with E-state index >= 15 is 0 Å². The van der Waals surface area contributed by atoms with E-state index in [9.17, 15) is 0 Å². The van der Waals surface area contributed by atoms with Crippen molar-refractivity contribution in [3.05, 3.63) is 24.0 Å². The van der Waals surface area contributed by atoms with Crippen LogP contribution in [0.2, 0.25) is 0 Å². The summed E-state index contributed by atoms with van der Waals surface area (Å²) in [6, 6.07) is 2.11. The van der Waals surface area contributed by atoms with Crippen LogP contribution in [0.1, 0.15) is 32.8 Å². The lowest BCUT2D eigenvalue weighted by molar-refractivity contribution is 0.558. The van der Waals surface area contributed by atoms with Crippen LogP contribution >= 0.6 is 0 Å². The van der Waals surface area contributed by atoms with Gasteiger partial charge in [-0.3, -0.25) is 4.98 Å². The predicted molar refractivity (Wildman–Crippen MR) is 74.3 cm³/mol. The Morgan fingerprint density at radius 2 is 2.18 bits per heavy atom.